The van der Waals surface area contributed by atoms with Crippen LogP contribution >= 0.6 is 0 Å². The third-order valence-corrected chi connectivity index (χ3v) is 13.5. The van der Waals surface area contributed by atoms with Crippen molar-refractivity contribution in [3.63, 3.8) is 0 Å². The van der Waals surface area contributed by atoms with Crippen LogP contribution < -0.4 is 24.0 Å². The fraction of sp³-hybridized carbons (Fsp3) is 0.143. The van der Waals surface area contributed by atoms with Crippen molar-refractivity contribution in [3.05, 3.63) is 72.8 Å². The van der Waals surface area contributed by atoms with Crippen LogP contribution in [0.15, 0.2) is 72.8 Å². The summed E-state index contributed by atoms with van der Waals surface area (Å²) in [5.74, 6) is -1.41. The molecule has 0 aromatic heterocycles. The van der Waals surface area contributed by atoms with Crippen LogP contribution in [0.4, 0.5) is 39.5 Å². The van der Waals surface area contributed by atoms with Crippen LogP contribution in [-0.4, -0.2) is 40.8 Å². The first kappa shape index (κ1) is 25.9. The average Bonchev–Trinajstić information content (AvgIpc) is 2.69. The second-order valence-corrected chi connectivity index (χ2v) is 15.1. The maximum absolute atomic E-state index is 12.4. The Labute approximate surface area is 194 Å². The molecule has 0 radical (unpaired) electrons. The molecule has 0 atom stereocenters. The van der Waals surface area contributed by atoms with Gasteiger partial charge in [0, 0.05) is 0 Å². The van der Waals surface area contributed by atoms with Gasteiger partial charge >= 0.3 is 194 Å². The van der Waals surface area contributed by atoms with Crippen molar-refractivity contribution < 1.29 is 53.7 Å². The van der Waals surface area contributed by atoms with Gasteiger partial charge in [0.25, 0.3) is 0 Å². The van der Waals surface area contributed by atoms with Crippen molar-refractivity contribution >= 4 is 31.6 Å². The molecule has 0 amide bonds. The van der Waals surface area contributed by atoms with Gasteiger partial charge in [-0.05, 0) is 0 Å². The van der Waals surface area contributed by atoms with Gasteiger partial charge in [-0.3, -0.25) is 0 Å². The molecule has 0 unspecified atom stereocenters. The Hall–Kier alpha value is -2.69. The molecule has 34 heavy (non-hydrogen) atoms. The van der Waals surface area contributed by atoms with E-state index in [1.807, 2.05) is 0 Å². The quantitative estimate of drug-likeness (QED) is 0.272. The second kappa shape index (κ2) is 9.89. The molecule has 0 aliphatic heterocycles. The summed E-state index contributed by atoms with van der Waals surface area (Å²) < 4.78 is 125. The van der Waals surface area contributed by atoms with Crippen molar-refractivity contribution in [2.75, 3.05) is 0 Å². The van der Waals surface area contributed by atoms with Gasteiger partial charge in [0.15, 0.2) is 0 Å². The standard InChI is InChI=1S/3C7H4F3O.Bi/c3*8-7(9,10)11-6-4-2-1-3-5-6;/h3*2-5H;. The predicted molar refractivity (Wildman–Crippen MR) is 104 cm³/mol. The van der Waals surface area contributed by atoms with Crippen LogP contribution in [0.5, 0.6) is 17.2 Å². The van der Waals surface area contributed by atoms with Crippen molar-refractivity contribution in [1.82, 2.24) is 0 Å². The zero-order chi connectivity index (χ0) is 25.1. The number of hydrogen-bond donors (Lipinski definition) is 0. The van der Waals surface area contributed by atoms with Crippen molar-refractivity contribution in [2.24, 2.45) is 0 Å². The van der Waals surface area contributed by atoms with Crippen LogP contribution in [0.3, 0.4) is 0 Å². The van der Waals surface area contributed by atoms with Crippen LogP contribution in [0.25, 0.3) is 0 Å². The van der Waals surface area contributed by atoms with Gasteiger partial charge in [0.1, 0.15) is 0 Å². The SMILES string of the molecule is FC(F)(F)Oc1cc[c]([Bi]([c]2ccc(OC(F)(F)F)cc2)[c]2ccc(OC(F)(F)F)cc2)cc1. The van der Waals surface area contributed by atoms with E-state index in [0.717, 1.165) is 36.4 Å². The minimum atomic E-state index is -4.90. The number of hydrogen-bond acceptors (Lipinski definition) is 3. The summed E-state index contributed by atoms with van der Waals surface area (Å²) >= 11 is -3.37. The third-order valence-electron chi connectivity index (χ3n) is 3.99. The van der Waals surface area contributed by atoms with E-state index < -0.39 is 58.1 Å². The number of halogens is 9. The summed E-state index contributed by atoms with van der Waals surface area (Å²) in [6.07, 6.45) is -14.7. The zero-order valence-corrected chi connectivity index (χ0v) is 20.0. The van der Waals surface area contributed by atoms with Gasteiger partial charge in [-0.25, -0.2) is 0 Å². The number of rotatable bonds is 6. The molecule has 0 N–H and O–H groups in total. The number of alkyl halides is 9. The molecule has 0 saturated carbocycles. The Morgan fingerprint density at radius 2 is 0.588 bits per heavy atom. The van der Waals surface area contributed by atoms with Gasteiger partial charge in [-0.15, -0.1) is 0 Å². The predicted octanol–water partition coefficient (Wildman–Crippen LogP) is 4.90. The fourth-order valence-electron chi connectivity index (χ4n) is 2.84. The van der Waals surface area contributed by atoms with E-state index in [2.05, 4.69) is 14.2 Å². The van der Waals surface area contributed by atoms with E-state index in [0.29, 0.717) is 9.81 Å². The Morgan fingerprint density at radius 1 is 0.382 bits per heavy atom. The topological polar surface area (TPSA) is 27.7 Å². The molecule has 13 heteroatoms. The fourth-order valence-corrected chi connectivity index (χ4v) is 11.5. The van der Waals surface area contributed by atoms with Crippen LogP contribution in [0.2, 0.25) is 0 Å². The second-order valence-electron chi connectivity index (χ2n) is 6.46. The van der Waals surface area contributed by atoms with Gasteiger partial charge < -0.3 is 0 Å². The number of ether oxygens (including phenoxy) is 3. The van der Waals surface area contributed by atoms with Gasteiger partial charge in [0.2, 0.25) is 0 Å². The maximum atomic E-state index is 12.4. The molecule has 0 heterocycles. The average molecular weight is 692 g/mol. The Kier molecular flexibility index (Phi) is 7.54. The summed E-state index contributed by atoms with van der Waals surface area (Å²) in [6, 6.07) is 14.9. The van der Waals surface area contributed by atoms with Crippen molar-refractivity contribution in [1.29, 1.82) is 0 Å². The Bertz CT molecular complexity index is 934. The molecular formula is C21H12BiF9O3. The third kappa shape index (κ3) is 7.97. The molecule has 0 aliphatic carbocycles. The molecule has 0 fully saturated rings. The first-order valence-electron chi connectivity index (χ1n) is 9.06. The zero-order valence-electron chi connectivity index (χ0n) is 16.5. The summed E-state index contributed by atoms with van der Waals surface area (Å²) in [7, 11) is 0. The molecule has 3 rings (SSSR count). The molecular weight excluding hydrogens is 680 g/mol. The summed E-state index contributed by atoms with van der Waals surface area (Å²) in [6.45, 7) is 0. The van der Waals surface area contributed by atoms with Gasteiger partial charge in [-0.1, -0.05) is 0 Å². The molecule has 0 aliphatic rings. The molecule has 3 nitrogen and oxygen atoms in total. The van der Waals surface area contributed by atoms with E-state index in [9.17, 15) is 39.5 Å². The normalized spacial score (nSPS) is 12.5. The molecule has 3 aromatic rings. The van der Waals surface area contributed by atoms with Crippen LogP contribution in [0, 0.1) is 0 Å². The Morgan fingerprint density at radius 3 is 0.765 bits per heavy atom. The molecule has 0 saturated heterocycles. The molecule has 3 aromatic carbocycles. The van der Waals surface area contributed by atoms with Gasteiger partial charge in [-0.2, -0.15) is 0 Å². The van der Waals surface area contributed by atoms with E-state index in [4.69, 9.17) is 0 Å². The van der Waals surface area contributed by atoms with E-state index >= 15 is 0 Å². The molecule has 0 bridgehead atoms. The summed E-state index contributed by atoms with van der Waals surface area (Å²) in [5.41, 5.74) is 0. The van der Waals surface area contributed by atoms with Crippen molar-refractivity contribution in [2.45, 2.75) is 19.1 Å². The first-order valence-corrected chi connectivity index (χ1v) is 14.3. The van der Waals surface area contributed by atoms with Gasteiger partial charge in [0.05, 0.1) is 0 Å². The molecule has 0 spiro atoms. The molecule has 182 valence electrons. The van der Waals surface area contributed by atoms with Crippen molar-refractivity contribution in [3.8, 4) is 17.2 Å². The first-order chi connectivity index (χ1) is 15.7. The monoisotopic (exact) mass is 692 g/mol. The summed E-state index contributed by atoms with van der Waals surface area (Å²) in [5, 5.41) is 0. The summed E-state index contributed by atoms with van der Waals surface area (Å²) in [4.78, 5) is 0. The van der Waals surface area contributed by atoms with Crippen LogP contribution in [-0.2, 0) is 0 Å². The van der Waals surface area contributed by atoms with E-state index in [-0.39, 0.29) is 0 Å². The number of benzene rings is 3. The van der Waals surface area contributed by atoms with E-state index in [1.165, 1.54) is 36.4 Å². The Balaban J connectivity index is 1.97. The van der Waals surface area contributed by atoms with Crippen LogP contribution in [0.1, 0.15) is 0 Å². The van der Waals surface area contributed by atoms with E-state index in [1.54, 1.807) is 0 Å². The minimum absolute atomic E-state index is 0.469.